The maximum absolute atomic E-state index is 11.6. The number of aliphatic hydroxyl groups is 1. The Labute approximate surface area is 194 Å². The largest absolute Gasteiger partial charge is 0.508 e. The summed E-state index contributed by atoms with van der Waals surface area (Å²) in [5.74, 6) is 1.11. The van der Waals surface area contributed by atoms with Crippen molar-refractivity contribution in [1.29, 1.82) is 0 Å². The summed E-state index contributed by atoms with van der Waals surface area (Å²) in [6.45, 7) is 14.5. The SMILES string of the molecule is CCCCCCC(C)C/C(C)=C\C(C)/C=C(C)/C=C/C(O)C(C)(C)c1cc(O)cc(=O)o1. The second kappa shape index (κ2) is 13.5. The van der Waals surface area contributed by atoms with Gasteiger partial charge < -0.3 is 14.6 Å². The maximum atomic E-state index is 11.6. The normalized spacial score (nSPS) is 16.4. The fourth-order valence-corrected chi connectivity index (χ4v) is 4.02. The van der Waals surface area contributed by atoms with E-state index in [1.54, 1.807) is 19.9 Å². The molecule has 0 aromatic carbocycles. The maximum Gasteiger partial charge on any atom is 0.339 e. The van der Waals surface area contributed by atoms with Gasteiger partial charge in [0.15, 0.2) is 0 Å². The van der Waals surface area contributed by atoms with E-state index in [9.17, 15) is 15.0 Å². The van der Waals surface area contributed by atoms with Crippen LogP contribution in [0.5, 0.6) is 5.75 Å². The third kappa shape index (κ3) is 10.0. The molecule has 0 aliphatic heterocycles. The molecule has 4 nitrogen and oxygen atoms in total. The van der Waals surface area contributed by atoms with Crippen molar-refractivity contribution in [2.24, 2.45) is 11.8 Å². The number of aromatic hydroxyl groups is 1. The zero-order valence-corrected chi connectivity index (χ0v) is 21.1. The Balaban J connectivity index is 2.70. The van der Waals surface area contributed by atoms with Gasteiger partial charge in [0.2, 0.25) is 0 Å². The quantitative estimate of drug-likeness (QED) is 0.194. The van der Waals surface area contributed by atoms with Crippen molar-refractivity contribution in [2.45, 2.75) is 98.5 Å². The van der Waals surface area contributed by atoms with E-state index in [4.69, 9.17) is 4.42 Å². The molecule has 0 aliphatic rings. The van der Waals surface area contributed by atoms with Gasteiger partial charge in [-0.2, -0.15) is 0 Å². The van der Waals surface area contributed by atoms with Crippen molar-refractivity contribution in [1.82, 2.24) is 0 Å². The molecule has 0 bridgehead atoms. The van der Waals surface area contributed by atoms with Crippen LogP contribution in [0.4, 0.5) is 0 Å². The van der Waals surface area contributed by atoms with Crippen molar-refractivity contribution < 1.29 is 14.6 Å². The van der Waals surface area contributed by atoms with E-state index in [2.05, 4.69) is 39.8 Å². The van der Waals surface area contributed by atoms with E-state index in [-0.39, 0.29) is 11.5 Å². The first-order chi connectivity index (χ1) is 14.9. The average molecular weight is 445 g/mol. The molecule has 0 saturated carbocycles. The van der Waals surface area contributed by atoms with Gasteiger partial charge >= 0.3 is 5.63 Å². The van der Waals surface area contributed by atoms with Gasteiger partial charge in [0.1, 0.15) is 11.5 Å². The van der Waals surface area contributed by atoms with Crippen molar-refractivity contribution in [2.75, 3.05) is 0 Å². The Morgan fingerprint density at radius 1 is 1.12 bits per heavy atom. The van der Waals surface area contributed by atoms with Crippen LogP contribution >= 0.6 is 0 Å². The number of hydrogen-bond acceptors (Lipinski definition) is 4. The summed E-state index contributed by atoms with van der Waals surface area (Å²) < 4.78 is 5.20. The van der Waals surface area contributed by atoms with Gasteiger partial charge in [-0.3, -0.25) is 0 Å². The zero-order valence-electron chi connectivity index (χ0n) is 21.1. The van der Waals surface area contributed by atoms with E-state index in [0.29, 0.717) is 5.92 Å². The first-order valence-corrected chi connectivity index (χ1v) is 12.0. The second-order valence-corrected chi connectivity index (χ2v) is 9.97. The summed E-state index contributed by atoms with van der Waals surface area (Å²) >= 11 is 0. The van der Waals surface area contributed by atoms with Gasteiger partial charge in [0, 0.05) is 6.07 Å². The molecule has 0 amide bonds. The van der Waals surface area contributed by atoms with Gasteiger partial charge in [-0.25, -0.2) is 4.79 Å². The molecule has 2 N–H and O–H groups in total. The molecule has 0 radical (unpaired) electrons. The molecule has 3 unspecified atom stereocenters. The van der Waals surface area contributed by atoms with E-state index in [0.717, 1.165) is 24.0 Å². The van der Waals surface area contributed by atoms with Crippen LogP contribution < -0.4 is 5.63 Å². The molecule has 1 heterocycles. The molecule has 32 heavy (non-hydrogen) atoms. The Morgan fingerprint density at radius 3 is 2.44 bits per heavy atom. The minimum atomic E-state index is -0.878. The standard InChI is InChI=1S/C28H44O4/c1-8-9-10-11-12-20(2)15-22(4)17-23(5)16-21(3)13-14-25(30)28(6,7)26-18-24(29)19-27(31)32-26/h13-14,16-20,23,25,29-30H,8-12,15H2,1-7H3/b14-13+,21-16+,22-17-. The highest BCUT2D eigenvalue weighted by molar-refractivity contribution is 5.27. The molecule has 4 heteroatoms. The second-order valence-electron chi connectivity index (χ2n) is 9.97. The number of unbranched alkanes of at least 4 members (excludes halogenated alkanes) is 3. The van der Waals surface area contributed by atoms with Crippen LogP contribution in [0.2, 0.25) is 0 Å². The summed E-state index contributed by atoms with van der Waals surface area (Å²) in [7, 11) is 0. The van der Waals surface area contributed by atoms with E-state index >= 15 is 0 Å². The zero-order chi connectivity index (χ0) is 24.3. The molecule has 1 aromatic heterocycles. The highest BCUT2D eigenvalue weighted by Gasteiger charge is 2.31. The van der Waals surface area contributed by atoms with Crippen LogP contribution in [0.1, 0.15) is 92.8 Å². The van der Waals surface area contributed by atoms with Crippen LogP contribution in [0, 0.1) is 11.8 Å². The summed E-state index contributed by atoms with van der Waals surface area (Å²) in [4.78, 5) is 11.6. The first kappa shape index (κ1) is 28.0. The van der Waals surface area contributed by atoms with Gasteiger partial charge in [-0.05, 0) is 46.0 Å². The highest BCUT2D eigenvalue weighted by Crippen LogP contribution is 2.29. The van der Waals surface area contributed by atoms with Crippen molar-refractivity contribution in [3.8, 4) is 5.75 Å². The lowest BCUT2D eigenvalue weighted by Gasteiger charge is -2.27. The summed E-state index contributed by atoms with van der Waals surface area (Å²) in [6.07, 6.45) is 14.9. The average Bonchev–Trinajstić information content (AvgIpc) is 2.68. The van der Waals surface area contributed by atoms with Crippen LogP contribution in [0.15, 0.2) is 56.8 Å². The fraction of sp³-hybridized carbons (Fsp3) is 0.607. The lowest BCUT2D eigenvalue weighted by atomic mass is 9.83. The monoisotopic (exact) mass is 444 g/mol. The van der Waals surface area contributed by atoms with Crippen LogP contribution in [0.3, 0.4) is 0 Å². The van der Waals surface area contributed by atoms with Crippen LogP contribution in [-0.2, 0) is 5.41 Å². The van der Waals surface area contributed by atoms with Crippen molar-refractivity contribution in [3.05, 3.63) is 63.8 Å². The Hall–Kier alpha value is -2.07. The molecule has 0 fully saturated rings. The minimum Gasteiger partial charge on any atom is -0.508 e. The van der Waals surface area contributed by atoms with E-state index in [1.165, 1.54) is 43.7 Å². The summed E-state index contributed by atoms with van der Waals surface area (Å²) in [5, 5.41) is 20.3. The smallest absolute Gasteiger partial charge is 0.339 e. The lowest BCUT2D eigenvalue weighted by molar-refractivity contribution is 0.125. The van der Waals surface area contributed by atoms with Gasteiger partial charge in [0.05, 0.1) is 17.6 Å². The molecule has 0 spiro atoms. The molecule has 3 atom stereocenters. The summed E-state index contributed by atoms with van der Waals surface area (Å²) in [5.41, 5.74) is 0.992. The topological polar surface area (TPSA) is 70.7 Å². The van der Waals surface area contributed by atoms with E-state index in [1.807, 2.05) is 13.0 Å². The highest BCUT2D eigenvalue weighted by atomic mass is 16.4. The van der Waals surface area contributed by atoms with Gasteiger partial charge in [-0.15, -0.1) is 0 Å². The van der Waals surface area contributed by atoms with Gasteiger partial charge in [0.25, 0.3) is 0 Å². The number of hydrogen-bond donors (Lipinski definition) is 2. The van der Waals surface area contributed by atoms with Crippen molar-refractivity contribution in [3.63, 3.8) is 0 Å². The third-order valence-corrected chi connectivity index (χ3v) is 5.97. The van der Waals surface area contributed by atoms with Crippen LogP contribution in [0.25, 0.3) is 0 Å². The molecule has 0 aliphatic carbocycles. The molecule has 1 aromatic rings. The first-order valence-electron chi connectivity index (χ1n) is 12.0. The third-order valence-electron chi connectivity index (χ3n) is 5.97. The molecule has 0 saturated heterocycles. The fourth-order valence-electron chi connectivity index (χ4n) is 4.02. The number of aliphatic hydroxyl groups excluding tert-OH is 1. The molecule has 180 valence electrons. The molecular weight excluding hydrogens is 400 g/mol. The minimum absolute atomic E-state index is 0.164. The lowest BCUT2D eigenvalue weighted by Crippen LogP contribution is -2.32. The Kier molecular flexibility index (Phi) is 11.8. The van der Waals surface area contributed by atoms with E-state index < -0.39 is 17.1 Å². The summed E-state index contributed by atoms with van der Waals surface area (Å²) in [6, 6.07) is 2.39. The Morgan fingerprint density at radius 2 is 1.81 bits per heavy atom. The van der Waals surface area contributed by atoms with Crippen LogP contribution in [-0.4, -0.2) is 16.3 Å². The predicted octanol–water partition coefficient (Wildman–Crippen LogP) is 7.07. The van der Waals surface area contributed by atoms with Crippen molar-refractivity contribution >= 4 is 0 Å². The molecule has 1 rings (SSSR count). The van der Waals surface area contributed by atoms with Gasteiger partial charge in [-0.1, -0.05) is 88.3 Å². The molecular formula is C28H44O4. The Bertz CT molecular complexity index is 841. The number of rotatable bonds is 13. The number of allylic oxidation sites excluding steroid dienone is 5. The predicted molar refractivity (Wildman–Crippen MR) is 134 cm³/mol.